The lowest BCUT2D eigenvalue weighted by atomic mass is 9.82. The number of rotatable bonds is 8. The predicted octanol–water partition coefficient (Wildman–Crippen LogP) is 3.30. The molecule has 0 aliphatic carbocycles. The van der Waals surface area contributed by atoms with Crippen molar-refractivity contribution in [3.63, 3.8) is 0 Å². The summed E-state index contributed by atoms with van der Waals surface area (Å²) >= 11 is 0. The summed E-state index contributed by atoms with van der Waals surface area (Å²) in [5.74, 6) is 1.71. The van der Waals surface area contributed by atoms with Crippen LogP contribution in [0.2, 0.25) is 0 Å². The second-order valence-electron chi connectivity index (χ2n) is 7.22. The van der Waals surface area contributed by atoms with Crippen molar-refractivity contribution in [1.29, 1.82) is 0 Å². The molecule has 0 bridgehead atoms. The second kappa shape index (κ2) is 8.02. The van der Waals surface area contributed by atoms with Crippen LogP contribution < -0.4 is 5.32 Å². The van der Waals surface area contributed by atoms with E-state index in [1.54, 1.807) is 0 Å². The molecule has 0 radical (unpaired) electrons. The lowest BCUT2D eigenvalue weighted by molar-refractivity contribution is -0.141. The second-order valence-corrected chi connectivity index (χ2v) is 7.22. The Morgan fingerprint density at radius 1 is 1.15 bits per heavy atom. The number of nitrogens with one attached hydrogen (secondary N) is 1. The minimum absolute atomic E-state index is 0.131. The molecular weight excluding hydrogens is 248 g/mol. The van der Waals surface area contributed by atoms with Gasteiger partial charge in [0.2, 0.25) is 5.91 Å². The molecule has 0 aromatic heterocycles. The van der Waals surface area contributed by atoms with Crippen LogP contribution in [0.25, 0.3) is 0 Å². The fourth-order valence-corrected chi connectivity index (χ4v) is 2.86. The van der Waals surface area contributed by atoms with Crippen molar-refractivity contribution < 1.29 is 4.79 Å². The van der Waals surface area contributed by atoms with Crippen LogP contribution in [0.1, 0.15) is 60.3 Å². The van der Waals surface area contributed by atoms with Gasteiger partial charge < -0.3 is 10.2 Å². The monoisotopic (exact) mass is 282 g/mol. The first-order valence-corrected chi connectivity index (χ1v) is 8.41. The van der Waals surface area contributed by atoms with E-state index in [0.29, 0.717) is 17.7 Å². The first-order chi connectivity index (χ1) is 9.41. The van der Waals surface area contributed by atoms with Crippen molar-refractivity contribution in [3.8, 4) is 0 Å². The molecule has 1 rings (SSSR count). The molecule has 1 atom stereocenters. The highest BCUT2D eigenvalue weighted by Crippen LogP contribution is 2.32. The Labute approximate surface area is 125 Å². The molecule has 0 spiro atoms. The minimum atomic E-state index is -0.131. The maximum Gasteiger partial charge on any atom is 0.230 e. The van der Waals surface area contributed by atoms with Gasteiger partial charge in [0, 0.05) is 19.6 Å². The van der Waals surface area contributed by atoms with E-state index in [1.165, 1.54) is 0 Å². The number of hydrogen-bond donors (Lipinski definition) is 1. The minimum Gasteiger partial charge on any atom is -0.342 e. The molecule has 0 aromatic rings. The van der Waals surface area contributed by atoms with Gasteiger partial charge in [-0.3, -0.25) is 4.79 Å². The molecule has 20 heavy (non-hydrogen) atoms. The Bertz CT molecular complexity index is 281. The Hall–Kier alpha value is -0.570. The summed E-state index contributed by atoms with van der Waals surface area (Å²) in [6, 6.07) is 0. The van der Waals surface area contributed by atoms with Crippen LogP contribution in [0.4, 0.5) is 0 Å². The van der Waals surface area contributed by atoms with Crippen molar-refractivity contribution in [3.05, 3.63) is 0 Å². The zero-order chi connectivity index (χ0) is 15.2. The highest BCUT2D eigenvalue weighted by atomic mass is 16.2. The molecule has 0 saturated carbocycles. The molecule has 1 heterocycles. The third-order valence-electron chi connectivity index (χ3n) is 4.61. The lowest BCUT2D eigenvalue weighted by Gasteiger charge is -2.34. The fraction of sp³-hybridized carbons (Fsp3) is 0.941. The Morgan fingerprint density at radius 3 is 2.05 bits per heavy atom. The van der Waals surface area contributed by atoms with Crippen LogP contribution in [0, 0.1) is 17.3 Å². The zero-order valence-electron chi connectivity index (χ0n) is 14.2. The standard InChI is InChI=1S/C17H34N2O/c1-6-17(9-10-18-13-17)16(20)19(11-7-14(2)3)12-8-15(4)5/h14-15,18H,6-13H2,1-5H3. The normalized spacial score (nSPS) is 22.8. The molecule has 1 aliphatic rings. The van der Waals surface area contributed by atoms with Crippen molar-refractivity contribution in [2.45, 2.75) is 60.3 Å². The molecule has 1 fully saturated rings. The topological polar surface area (TPSA) is 32.3 Å². The average Bonchev–Trinajstić information content (AvgIpc) is 2.87. The highest BCUT2D eigenvalue weighted by Gasteiger charge is 2.41. The van der Waals surface area contributed by atoms with Crippen molar-refractivity contribution in [1.82, 2.24) is 10.2 Å². The summed E-state index contributed by atoms with van der Waals surface area (Å²) < 4.78 is 0. The van der Waals surface area contributed by atoms with Crippen molar-refractivity contribution in [2.75, 3.05) is 26.2 Å². The van der Waals surface area contributed by atoms with E-state index in [-0.39, 0.29) is 5.41 Å². The average molecular weight is 282 g/mol. The Kier molecular flexibility index (Phi) is 7.01. The summed E-state index contributed by atoms with van der Waals surface area (Å²) in [4.78, 5) is 15.2. The van der Waals surface area contributed by atoms with E-state index in [1.807, 2.05) is 0 Å². The summed E-state index contributed by atoms with van der Waals surface area (Å²) in [6.07, 6.45) is 4.18. The van der Waals surface area contributed by atoms with E-state index in [2.05, 4.69) is 44.8 Å². The summed E-state index contributed by atoms with van der Waals surface area (Å²) in [5, 5.41) is 3.38. The van der Waals surface area contributed by atoms with Gasteiger partial charge in [-0.25, -0.2) is 0 Å². The van der Waals surface area contributed by atoms with Gasteiger partial charge in [-0.1, -0.05) is 34.6 Å². The molecule has 3 heteroatoms. The summed E-state index contributed by atoms with van der Waals surface area (Å²) in [7, 11) is 0. The molecule has 1 N–H and O–H groups in total. The van der Waals surface area contributed by atoms with Gasteiger partial charge in [0.1, 0.15) is 0 Å². The van der Waals surface area contributed by atoms with Crippen LogP contribution >= 0.6 is 0 Å². The smallest absolute Gasteiger partial charge is 0.230 e. The van der Waals surface area contributed by atoms with Crippen LogP contribution in [0.15, 0.2) is 0 Å². The lowest BCUT2D eigenvalue weighted by Crippen LogP contribution is -2.46. The van der Waals surface area contributed by atoms with Gasteiger partial charge in [0.15, 0.2) is 0 Å². The number of amides is 1. The molecule has 1 aliphatic heterocycles. The molecule has 1 amide bonds. The van der Waals surface area contributed by atoms with Gasteiger partial charge in [0.05, 0.1) is 5.41 Å². The quantitative estimate of drug-likeness (QED) is 0.741. The number of hydrogen-bond acceptors (Lipinski definition) is 2. The van der Waals surface area contributed by atoms with E-state index < -0.39 is 0 Å². The third-order valence-corrected chi connectivity index (χ3v) is 4.61. The number of carbonyl (C=O) groups is 1. The highest BCUT2D eigenvalue weighted by molar-refractivity contribution is 5.83. The maximum atomic E-state index is 13.0. The van der Waals surface area contributed by atoms with Crippen LogP contribution in [-0.4, -0.2) is 37.0 Å². The van der Waals surface area contributed by atoms with E-state index >= 15 is 0 Å². The Balaban J connectivity index is 2.71. The van der Waals surface area contributed by atoms with E-state index in [4.69, 9.17) is 0 Å². The number of nitrogens with zero attached hydrogens (tertiary/aromatic N) is 1. The van der Waals surface area contributed by atoms with Crippen molar-refractivity contribution in [2.24, 2.45) is 17.3 Å². The summed E-state index contributed by atoms with van der Waals surface area (Å²) in [6.45, 7) is 14.8. The van der Waals surface area contributed by atoms with Gasteiger partial charge in [-0.15, -0.1) is 0 Å². The first-order valence-electron chi connectivity index (χ1n) is 8.41. The maximum absolute atomic E-state index is 13.0. The Morgan fingerprint density at radius 2 is 1.70 bits per heavy atom. The van der Waals surface area contributed by atoms with E-state index in [9.17, 15) is 4.79 Å². The molecule has 118 valence electrons. The molecular formula is C17H34N2O. The largest absolute Gasteiger partial charge is 0.342 e. The van der Waals surface area contributed by atoms with Crippen molar-refractivity contribution >= 4 is 5.91 Å². The summed E-state index contributed by atoms with van der Waals surface area (Å²) in [5.41, 5.74) is -0.131. The van der Waals surface area contributed by atoms with Gasteiger partial charge in [-0.2, -0.15) is 0 Å². The molecule has 3 nitrogen and oxygen atoms in total. The molecule has 1 saturated heterocycles. The molecule has 0 aromatic carbocycles. The van der Waals surface area contributed by atoms with Gasteiger partial charge in [0.25, 0.3) is 0 Å². The van der Waals surface area contributed by atoms with Crippen LogP contribution in [0.5, 0.6) is 0 Å². The predicted molar refractivity (Wildman–Crippen MR) is 85.7 cm³/mol. The van der Waals surface area contributed by atoms with Gasteiger partial charge in [-0.05, 0) is 44.1 Å². The number of carbonyl (C=O) groups excluding carboxylic acids is 1. The SMILES string of the molecule is CCC1(C(=O)N(CCC(C)C)CCC(C)C)CCNC1. The van der Waals surface area contributed by atoms with E-state index in [0.717, 1.165) is 51.9 Å². The van der Waals surface area contributed by atoms with Gasteiger partial charge >= 0.3 is 0 Å². The molecule has 1 unspecified atom stereocenters. The zero-order valence-corrected chi connectivity index (χ0v) is 14.2. The van der Waals surface area contributed by atoms with Crippen LogP contribution in [0.3, 0.4) is 0 Å². The fourth-order valence-electron chi connectivity index (χ4n) is 2.86. The first kappa shape index (κ1) is 17.5. The van der Waals surface area contributed by atoms with Crippen LogP contribution in [-0.2, 0) is 4.79 Å². The third kappa shape index (κ3) is 4.76.